The minimum Gasteiger partial charge on any atom is -0.355 e. The summed E-state index contributed by atoms with van der Waals surface area (Å²) in [6.45, 7) is 6.64. The van der Waals surface area contributed by atoms with E-state index in [1.165, 1.54) is 5.56 Å². The third-order valence-electron chi connectivity index (χ3n) is 6.61. The van der Waals surface area contributed by atoms with E-state index in [0.717, 1.165) is 60.7 Å². The SMILES string of the molecule is Cc1c(CCC#N)c(N2CCN(Cc3ccccc3)CC2)n2c(nc3ccccc32)c1C#N. The van der Waals surface area contributed by atoms with Gasteiger partial charge in [0.15, 0.2) is 5.65 Å². The predicted octanol–water partition coefficient (Wildman–Crippen LogP) is 4.45. The number of para-hydroxylation sites is 2. The van der Waals surface area contributed by atoms with Crippen molar-refractivity contribution in [3.63, 3.8) is 0 Å². The third-order valence-corrected chi connectivity index (χ3v) is 6.61. The number of piperazine rings is 1. The zero-order chi connectivity index (χ0) is 22.8. The Morgan fingerprint density at radius 3 is 2.39 bits per heavy atom. The average Bonchev–Trinajstić information content (AvgIpc) is 3.23. The molecule has 0 atom stereocenters. The largest absolute Gasteiger partial charge is 0.355 e. The molecule has 2 aromatic heterocycles. The van der Waals surface area contributed by atoms with Gasteiger partial charge < -0.3 is 4.90 Å². The minimum atomic E-state index is 0.421. The highest BCUT2D eigenvalue weighted by Gasteiger charge is 2.26. The molecule has 1 fully saturated rings. The quantitative estimate of drug-likeness (QED) is 0.464. The Labute approximate surface area is 193 Å². The summed E-state index contributed by atoms with van der Waals surface area (Å²) in [6, 6.07) is 23.3. The van der Waals surface area contributed by atoms with Gasteiger partial charge in [-0.05, 0) is 42.2 Å². The second kappa shape index (κ2) is 8.94. The summed E-state index contributed by atoms with van der Waals surface area (Å²) in [5.41, 5.74) is 6.55. The van der Waals surface area contributed by atoms with Crippen molar-refractivity contribution in [1.82, 2.24) is 14.3 Å². The fourth-order valence-corrected chi connectivity index (χ4v) is 4.94. The fourth-order valence-electron chi connectivity index (χ4n) is 4.94. The molecule has 0 unspecified atom stereocenters. The van der Waals surface area contributed by atoms with Crippen LogP contribution < -0.4 is 4.90 Å². The van der Waals surface area contributed by atoms with E-state index < -0.39 is 0 Å². The molecule has 6 nitrogen and oxygen atoms in total. The Kier molecular flexibility index (Phi) is 5.69. The lowest BCUT2D eigenvalue weighted by atomic mass is 9.99. The second-order valence-electron chi connectivity index (χ2n) is 8.58. The van der Waals surface area contributed by atoms with Gasteiger partial charge in [0, 0.05) is 39.1 Å². The van der Waals surface area contributed by atoms with Crippen LogP contribution >= 0.6 is 0 Å². The molecule has 1 aliphatic rings. The van der Waals surface area contributed by atoms with E-state index >= 15 is 0 Å². The van der Waals surface area contributed by atoms with Crippen LogP contribution in [0.2, 0.25) is 0 Å². The molecule has 0 saturated carbocycles. The molecule has 0 aliphatic carbocycles. The van der Waals surface area contributed by atoms with Crippen molar-refractivity contribution in [3.8, 4) is 12.1 Å². The zero-order valence-electron chi connectivity index (χ0n) is 18.8. The lowest BCUT2D eigenvalue weighted by Crippen LogP contribution is -2.47. The number of aromatic nitrogens is 2. The van der Waals surface area contributed by atoms with Gasteiger partial charge >= 0.3 is 0 Å². The first-order chi connectivity index (χ1) is 16.2. The Morgan fingerprint density at radius 1 is 0.939 bits per heavy atom. The molecule has 5 rings (SSSR count). The maximum absolute atomic E-state index is 9.98. The molecule has 4 aromatic rings. The average molecular weight is 435 g/mol. The van der Waals surface area contributed by atoms with Crippen LogP contribution in [-0.4, -0.2) is 40.5 Å². The first kappa shape index (κ1) is 21.0. The van der Waals surface area contributed by atoms with Gasteiger partial charge in [-0.3, -0.25) is 9.30 Å². The molecular formula is C27H26N6. The number of benzene rings is 2. The van der Waals surface area contributed by atoms with E-state index in [4.69, 9.17) is 4.98 Å². The number of rotatable bonds is 5. The lowest BCUT2D eigenvalue weighted by Gasteiger charge is -2.37. The summed E-state index contributed by atoms with van der Waals surface area (Å²) in [6.07, 6.45) is 1.05. The summed E-state index contributed by atoms with van der Waals surface area (Å²) < 4.78 is 2.15. The van der Waals surface area contributed by atoms with Crippen LogP contribution in [-0.2, 0) is 13.0 Å². The van der Waals surface area contributed by atoms with Crippen molar-refractivity contribution in [1.29, 1.82) is 10.5 Å². The number of pyridine rings is 1. The number of hydrogen-bond donors (Lipinski definition) is 0. The van der Waals surface area contributed by atoms with Crippen molar-refractivity contribution in [3.05, 3.63) is 76.9 Å². The number of nitriles is 2. The van der Waals surface area contributed by atoms with Crippen LogP contribution in [0.15, 0.2) is 54.6 Å². The molecule has 0 amide bonds. The van der Waals surface area contributed by atoms with Crippen molar-refractivity contribution in [2.45, 2.75) is 26.3 Å². The Hall–Kier alpha value is -3.87. The molecule has 1 saturated heterocycles. The van der Waals surface area contributed by atoms with Crippen LogP contribution in [0.1, 0.15) is 28.7 Å². The topological polar surface area (TPSA) is 71.4 Å². The van der Waals surface area contributed by atoms with Crippen LogP contribution in [0, 0.1) is 29.6 Å². The van der Waals surface area contributed by atoms with Crippen molar-refractivity contribution in [2.75, 3.05) is 31.1 Å². The van der Waals surface area contributed by atoms with Gasteiger partial charge in [-0.2, -0.15) is 10.5 Å². The molecule has 1 aliphatic heterocycles. The van der Waals surface area contributed by atoms with Gasteiger partial charge in [-0.1, -0.05) is 42.5 Å². The zero-order valence-corrected chi connectivity index (χ0v) is 18.8. The minimum absolute atomic E-state index is 0.421. The molecule has 0 N–H and O–H groups in total. The first-order valence-electron chi connectivity index (χ1n) is 11.4. The van der Waals surface area contributed by atoms with Gasteiger partial charge in [-0.15, -0.1) is 0 Å². The number of imidazole rings is 1. The van der Waals surface area contributed by atoms with E-state index in [-0.39, 0.29) is 0 Å². The normalized spacial score (nSPS) is 14.5. The smallest absolute Gasteiger partial charge is 0.157 e. The Bertz CT molecular complexity index is 1380. The number of nitrogens with zero attached hydrogens (tertiary/aromatic N) is 6. The summed E-state index contributed by atoms with van der Waals surface area (Å²) in [5, 5.41) is 19.3. The third kappa shape index (κ3) is 3.80. The summed E-state index contributed by atoms with van der Waals surface area (Å²) >= 11 is 0. The van der Waals surface area contributed by atoms with E-state index in [1.807, 2.05) is 25.1 Å². The van der Waals surface area contributed by atoms with Crippen molar-refractivity contribution >= 4 is 22.5 Å². The van der Waals surface area contributed by atoms with Crippen molar-refractivity contribution < 1.29 is 0 Å². The fraction of sp³-hybridized carbons (Fsp3) is 0.296. The molecular weight excluding hydrogens is 408 g/mol. The molecule has 0 bridgehead atoms. The van der Waals surface area contributed by atoms with Gasteiger partial charge in [0.1, 0.15) is 11.9 Å². The molecule has 0 spiro atoms. The summed E-state index contributed by atoms with van der Waals surface area (Å²) in [5.74, 6) is 1.09. The molecule has 33 heavy (non-hydrogen) atoms. The summed E-state index contributed by atoms with van der Waals surface area (Å²) in [4.78, 5) is 9.74. The van der Waals surface area contributed by atoms with E-state index in [1.54, 1.807) is 0 Å². The van der Waals surface area contributed by atoms with Crippen LogP contribution in [0.4, 0.5) is 5.82 Å². The highest BCUT2D eigenvalue weighted by molar-refractivity contribution is 5.86. The van der Waals surface area contributed by atoms with Gasteiger partial charge in [0.05, 0.1) is 22.7 Å². The maximum Gasteiger partial charge on any atom is 0.157 e. The summed E-state index contributed by atoms with van der Waals surface area (Å²) in [7, 11) is 0. The van der Waals surface area contributed by atoms with E-state index in [0.29, 0.717) is 24.1 Å². The molecule has 3 heterocycles. The molecule has 6 heteroatoms. The van der Waals surface area contributed by atoms with E-state index in [9.17, 15) is 10.5 Å². The Morgan fingerprint density at radius 2 is 1.67 bits per heavy atom. The second-order valence-corrected chi connectivity index (χ2v) is 8.58. The standard InChI is InChI=1S/C27H26N6/c1-20-22(10-7-13-28)27(32-16-14-31(15-17-32)19-21-8-3-2-4-9-21)33-25-12-6-5-11-24(25)30-26(33)23(20)18-29/h2-6,8-9,11-12H,7,10,14-17,19H2,1H3. The van der Waals surface area contributed by atoms with Gasteiger partial charge in [-0.25, -0.2) is 4.98 Å². The number of hydrogen-bond acceptors (Lipinski definition) is 5. The van der Waals surface area contributed by atoms with Crippen LogP contribution in [0.5, 0.6) is 0 Å². The number of fused-ring (bicyclic) bond motifs is 3. The van der Waals surface area contributed by atoms with Crippen LogP contribution in [0.25, 0.3) is 16.7 Å². The maximum atomic E-state index is 9.98. The van der Waals surface area contributed by atoms with Crippen LogP contribution in [0.3, 0.4) is 0 Å². The molecule has 0 radical (unpaired) electrons. The molecule has 2 aromatic carbocycles. The molecule has 164 valence electrons. The number of anilines is 1. The van der Waals surface area contributed by atoms with E-state index in [2.05, 4.69) is 62.7 Å². The van der Waals surface area contributed by atoms with Gasteiger partial charge in [0.2, 0.25) is 0 Å². The Balaban J connectivity index is 1.58. The lowest BCUT2D eigenvalue weighted by molar-refractivity contribution is 0.249. The highest BCUT2D eigenvalue weighted by atomic mass is 15.3. The predicted molar refractivity (Wildman–Crippen MR) is 130 cm³/mol. The highest BCUT2D eigenvalue weighted by Crippen LogP contribution is 2.34. The monoisotopic (exact) mass is 434 g/mol. The van der Waals surface area contributed by atoms with Crippen molar-refractivity contribution in [2.24, 2.45) is 0 Å². The first-order valence-corrected chi connectivity index (χ1v) is 11.4. The van der Waals surface area contributed by atoms with Gasteiger partial charge in [0.25, 0.3) is 0 Å².